The zero-order valence-corrected chi connectivity index (χ0v) is 10.9. The van der Waals surface area contributed by atoms with Crippen LogP contribution in [0.2, 0.25) is 0 Å². The summed E-state index contributed by atoms with van der Waals surface area (Å²) in [6.07, 6.45) is 1.66. The molecule has 0 N–H and O–H groups in total. The Balaban J connectivity index is 2.46. The predicted octanol–water partition coefficient (Wildman–Crippen LogP) is 2.33. The topological polar surface area (TPSA) is 60.2 Å². The molecule has 5 heteroatoms. The molecule has 0 spiro atoms. The fraction of sp³-hybridized carbons (Fsp3) is 0.727. The van der Waals surface area contributed by atoms with E-state index in [0.717, 1.165) is 12.8 Å². The first-order valence-electron chi connectivity index (χ1n) is 5.51. The number of hydrogen-bond acceptors (Lipinski definition) is 4. The summed E-state index contributed by atoms with van der Waals surface area (Å²) >= 11 is 0. The zero-order chi connectivity index (χ0) is 12.2. The van der Waals surface area contributed by atoms with Crippen LogP contribution in [0.15, 0.2) is 10.6 Å². The number of nitrogens with zero attached hydrogens (tertiary/aromatic N) is 1. The largest absolute Gasteiger partial charge is 0.361 e. The van der Waals surface area contributed by atoms with E-state index in [0.29, 0.717) is 17.4 Å². The highest BCUT2D eigenvalue weighted by Gasteiger charge is 2.14. The molecular formula is C11H19NO3S. The van der Waals surface area contributed by atoms with Gasteiger partial charge in [-0.1, -0.05) is 25.4 Å². The maximum Gasteiger partial charge on any atom is 0.156 e. The maximum absolute atomic E-state index is 11.7. The second-order valence-corrected chi connectivity index (χ2v) is 6.74. The van der Waals surface area contributed by atoms with Crippen LogP contribution >= 0.6 is 0 Å². The third-order valence-electron chi connectivity index (χ3n) is 2.28. The van der Waals surface area contributed by atoms with Crippen molar-refractivity contribution in [2.75, 3.05) is 5.75 Å². The third-order valence-corrected chi connectivity index (χ3v) is 3.93. The molecule has 0 unspecified atom stereocenters. The van der Waals surface area contributed by atoms with Crippen molar-refractivity contribution in [3.63, 3.8) is 0 Å². The van der Waals surface area contributed by atoms with Crippen molar-refractivity contribution in [1.82, 2.24) is 5.16 Å². The Morgan fingerprint density at radius 2 is 2.12 bits per heavy atom. The summed E-state index contributed by atoms with van der Waals surface area (Å²) in [4.78, 5) is 0. The van der Waals surface area contributed by atoms with Gasteiger partial charge in [0.15, 0.2) is 9.84 Å². The second-order valence-electron chi connectivity index (χ2n) is 4.56. The molecule has 0 bridgehead atoms. The van der Waals surface area contributed by atoms with Gasteiger partial charge in [0.1, 0.15) is 5.76 Å². The molecule has 0 radical (unpaired) electrons. The number of sulfone groups is 1. The Labute approximate surface area is 96.9 Å². The van der Waals surface area contributed by atoms with Crippen molar-refractivity contribution in [3.05, 3.63) is 17.5 Å². The minimum absolute atomic E-state index is 0.0115. The zero-order valence-electron chi connectivity index (χ0n) is 10.1. The van der Waals surface area contributed by atoms with Crippen LogP contribution in [0, 0.1) is 12.8 Å². The molecule has 0 aliphatic carbocycles. The van der Waals surface area contributed by atoms with Crippen LogP contribution in [0.1, 0.15) is 38.1 Å². The number of aromatic nitrogens is 1. The Bertz CT molecular complexity index is 420. The molecule has 0 aromatic carbocycles. The van der Waals surface area contributed by atoms with Crippen molar-refractivity contribution in [2.45, 2.75) is 39.4 Å². The minimum Gasteiger partial charge on any atom is -0.361 e. The molecule has 0 aliphatic heterocycles. The lowest BCUT2D eigenvalue weighted by atomic mass is 10.1. The number of aryl methyl sites for hydroxylation is 1. The molecule has 0 aliphatic rings. The summed E-state index contributed by atoms with van der Waals surface area (Å²) in [5.74, 6) is 1.41. The van der Waals surface area contributed by atoms with E-state index in [4.69, 9.17) is 4.52 Å². The molecule has 4 nitrogen and oxygen atoms in total. The summed E-state index contributed by atoms with van der Waals surface area (Å²) in [6.45, 7) is 5.93. The van der Waals surface area contributed by atoms with Crippen LogP contribution in [-0.2, 0) is 15.6 Å². The molecule has 1 aromatic heterocycles. The van der Waals surface area contributed by atoms with Gasteiger partial charge in [-0.2, -0.15) is 0 Å². The van der Waals surface area contributed by atoms with Gasteiger partial charge >= 0.3 is 0 Å². The van der Waals surface area contributed by atoms with Crippen molar-refractivity contribution in [1.29, 1.82) is 0 Å². The fourth-order valence-corrected chi connectivity index (χ4v) is 2.83. The van der Waals surface area contributed by atoms with Gasteiger partial charge in [-0.15, -0.1) is 0 Å². The number of rotatable bonds is 6. The molecule has 0 saturated carbocycles. The molecule has 0 amide bonds. The summed E-state index contributed by atoms with van der Waals surface area (Å²) in [6, 6.07) is 1.67. The highest BCUT2D eigenvalue weighted by molar-refractivity contribution is 7.90. The van der Waals surface area contributed by atoms with E-state index >= 15 is 0 Å². The van der Waals surface area contributed by atoms with Gasteiger partial charge in [-0.05, 0) is 19.3 Å². The van der Waals surface area contributed by atoms with Gasteiger partial charge in [0.25, 0.3) is 0 Å². The summed E-state index contributed by atoms with van der Waals surface area (Å²) < 4.78 is 28.3. The van der Waals surface area contributed by atoms with Crippen LogP contribution in [0.25, 0.3) is 0 Å². The average molecular weight is 245 g/mol. The molecule has 1 heterocycles. The third kappa shape index (κ3) is 4.79. The Kier molecular flexibility index (Phi) is 4.53. The lowest BCUT2D eigenvalue weighted by Crippen LogP contribution is -2.10. The highest BCUT2D eigenvalue weighted by atomic mass is 32.2. The SMILES string of the molecule is Cc1cc(CS(=O)(=O)CCCC(C)C)no1. The maximum atomic E-state index is 11.7. The van der Waals surface area contributed by atoms with Gasteiger partial charge in [0, 0.05) is 6.07 Å². The quantitative estimate of drug-likeness (QED) is 0.771. The highest BCUT2D eigenvalue weighted by Crippen LogP contribution is 2.11. The standard InChI is InChI=1S/C11H19NO3S/c1-9(2)5-4-6-16(13,14)8-11-7-10(3)15-12-11/h7,9H,4-6,8H2,1-3H3. The van der Waals surface area contributed by atoms with Crippen LogP contribution < -0.4 is 0 Å². The van der Waals surface area contributed by atoms with E-state index in [-0.39, 0.29) is 11.5 Å². The molecule has 16 heavy (non-hydrogen) atoms. The fourth-order valence-electron chi connectivity index (χ4n) is 1.49. The minimum atomic E-state index is -3.04. The normalized spacial score (nSPS) is 12.2. The van der Waals surface area contributed by atoms with E-state index in [2.05, 4.69) is 19.0 Å². The number of hydrogen-bond donors (Lipinski definition) is 0. The lowest BCUT2D eigenvalue weighted by molar-refractivity contribution is 0.392. The van der Waals surface area contributed by atoms with E-state index in [1.807, 2.05) is 0 Å². The molecule has 0 saturated heterocycles. The van der Waals surface area contributed by atoms with Gasteiger partial charge in [0.05, 0.1) is 17.2 Å². The van der Waals surface area contributed by atoms with Gasteiger partial charge in [-0.25, -0.2) is 8.42 Å². The monoisotopic (exact) mass is 245 g/mol. The smallest absolute Gasteiger partial charge is 0.156 e. The van der Waals surface area contributed by atoms with E-state index in [1.54, 1.807) is 13.0 Å². The van der Waals surface area contributed by atoms with E-state index in [1.165, 1.54) is 0 Å². The summed E-state index contributed by atoms with van der Waals surface area (Å²) in [5.41, 5.74) is 0.502. The van der Waals surface area contributed by atoms with Crippen molar-refractivity contribution < 1.29 is 12.9 Å². The van der Waals surface area contributed by atoms with Crippen molar-refractivity contribution in [2.24, 2.45) is 5.92 Å². The van der Waals surface area contributed by atoms with Gasteiger partial charge in [0.2, 0.25) is 0 Å². The Hall–Kier alpha value is -0.840. The van der Waals surface area contributed by atoms with Gasteiger partial charge < -0.3 is 4.52 Å². The van der Waals surface area contributed by atoms with E-state index in [9.17, 15) is 8.42 Å². The van der Waals surface area contributed by atoms with Crippen LogP contribution in [0.4, 0.5) is 0 Å². The first-order chi connectivity index (χ1) is 7.39. The average Bonchev–Trinajstić information content (AvgIpc) is 2.48. The second kappa shape index (κ2) is 5.48. The van der Waals surface area contributed by atoms with Crippen LogP contribution in [-0.4, -0.2) is 19.3 Å². The molecule has 0 fully saturated rings. The summed E-state index contributed by atoms with van der Waals surface area (Å²) in [7, 11) is -3.04. The Morgan fingerprint density at radius 3 is 2.62 bits per heavy atom. The first-order valence-corrected chi connectivity index (χ1v) is 7.34. The van der Waals surface area contributed by atoms with Crippen molar-refractivity contribution >= 4 is 9.84 Å². The Morgan fingerprint density at radius 1 is 1.44 bits per heavy atom. The molecule has 1 aromatic rings. The first kappa shape index (κ1) is 13.2. The van der Waals surface area contributed by atoms with Crippen molar-refractivity contribution in [3.8, 4) is 0 Å². The lowest BCUT2D eigenvalue weighted by Gasteiger charge is -2.04. The molecular weight excluding hydrogens is 226 g/mol. The van der Waals surface area contributed by atoms with Crippen LogP contribution in [0.5, 0.6) is 0 Å². The van der Waals surface area contributed by atoms with E-state index < -0.39 is 9.84 Å². The molecule has 92 valence electrons. The van der Waals surface area contributed by atoms with Crippen LogP contribution in [0.3, 0.4) is 0 Å². The molecule has 1 rings (SSSR count). The summed E-state index contributed by atoms with van der Waals surface area (Å²) in [5, 5.41) is 3.69. The van der Waals surface area contributed by atoms with Gasteiger partial charge in [-0.3, -0.25) is 0 Å². The predicted molar refractivity (Wildman–Crippen MR) is 62.8 cm³/mol. The molecule has 0 atom stereocenters.